The summed E-state index contributed by atoms with van der Waals surface area (Å²) in [5.74, 6) is -0.297. The van der Waals surface area contributed by atoms with Gasteiger partial charge in [-0.25, -0.2) is 4.98 Å². The van der Waals surface area contributed by atoms with Gasteiger partial charge in [-0.05, 0) is 24.3 Å². The molecule has 1 N–H and O–H groups in total. The van der Waals surface area contributed by atoms with E-state index in [1.165, 1.54) is 0 Å². The summed E-state index contributed by atoms with van der Waals surface area (Å²) in [4.78, 5) is 15.4. The molecule has 0 aliphatic rings. The summed E-state index contributed by atoms with van der Waals surface area (Å²) >= 11 is 1.56. The number of benzene rings is 1. The van der Waals surface area contributed by atoms with Gasteiger partial charge >= 0.3 is 0 Å². The number of nitrogens with zero attached hydrogens (tertiary/aromatic N) is 2. The lowest BCUT2D eigenvalue weighted by Gasteiger charge is -2.03. The Morgan fingerprint density at radius 3 is 2.76 bits per heavy atom. The van der Waals surface area contributed by atoms with Gasteiger partial charge in [0.05, 0.1) is 6.07 Å². The molecule has 0 radical (unpaired) electrons. The van der Waals surface area contributed by atoms with Crippen LogP contribution in [0.4, 0.5) is 5.69 Å². The first-order chi connectivity index (χ1) is 8.29. The number of carbonyl (C=O) groups excluding carboxylic acids is 1. The SMILES string of the molecule is N#CCC(=O)Nc1ccc(-c2nccs2)cc1. The second-order valence-electron chi connectivity index (χ2n) is 3.30. The third-order valence-corrected chi connectivity index (χ3v) is 2.91. The quantitative estimate of drug-likeness (QED) is 0.901. The topological polar surface area (TPSA) is 65.8 Å². The highest BCUT2D eigenvalue weighted by atomic mass is 32.1. The summed E-state index contributed by atoms with van der Waals surface area (Å²) in [6.07, 6.45) is 1.62. The van der Waals surface area contributed by atoms with Crippen molar-refractivity contribution in [3.05, 3.63) is 35.8 Å². The molecule has 0 saturated heterocycles. The molecule has 84 valence electrons. The number of thiazole rings is 1. The maximum absolute atomic E-state index is 11.2. The van der Waals surface area contributed by atoms with E-state index in [1.807, 2.05) is 17.5 Å². The van der Waals surface area contributed by atoms with Crippen molar-refractivity contribution in [1.29, 1.82) is 5.26 Å². The minimum Gasteiger partial charge on any atom is -0.325 e. The molecule has 1 aromatic carbocycles. The fraction of sp³-hybridized carbons (Fsp3) is 0.0833. The summed E-state index contributed by atoms with van der Waals surface area (Å²) in [5, 5.41) is 13.9. The van der Waals surface area contributed by atoms with Crippen LogP contribution in [0.1, 0.15) is 6.42 Å². The van der Waals surface area contributed by atoms with E-state index in [0.717, 1.165) is 10.6 Å². The molecule has 4 nitrogen and oxygen atoms in total. The van der Waals surface area contributed by atoms with Crippen molar-refractivity contribution in [1.82, 2.24) is 4.98 Å². The lowest BCUT2D eigenvalue weighted by atomic mass is 10.2. The molecule has 0 bridgehead atoms. The largest absolute Gasteiger partial charge is 0.325 e. The molecule has 1 heterocycles. The Morgan fingerprint density at radius 2 is 2.18 bits per heavy atom. The van der Waals surface area contributed by atoms with Gasteiger partial charge < -0.3 is 5.32 Å². The van der Waals surface area contributed by atoms with Gasteiger partial charge in [-0.15, -0.1) is 11.3 Å². The van der Waals surface area contributed by atoms with Gasteiger partial charge in [0.2, 0.25) is 5.91 Å². The molecule has 2 aromatic rings. The third-order valence-electron chi connectivity index (χ3n) is 2.09. The van der Waals surface area contributed by atoms with Gasteiger partial charge in [0, 0.05) is 22.8 Å². The molecule has 1 amide bonds. The van der Waals surface area contributed by atoms with Crippen molar-refractivity contribution >= 4 is 22.9 Å². The molecule has 17 heavy (non-hydrogen) atoms. The fourth-order valence-corrected chi connectivity index (χ4v) is 1.98. The molecule has 0 unspecified atom stereocenters. The summed E-state index contributed by atoms with van der Waals surface area (Å²) in [7, 11) is 0. The first-order valence-electron chi connectivity index (χ1n) is 4.96. The van der Waals surface area contributed by atoms with Gasteiger partial charge in [-0.3, -0.25) is 4.79 Å². The standard InChI is InChI=1S/C12H9N3OS/c13-6-5-11(16)15-10-3-1-9(2-4-10)12-14-7-8-17-12/h1-4,7-8H,5H2,(H,15,16). The Hall–Kier alpha value is -2.19. The van der Waals surface area contributed by atoms with Crippen molar-refractivity contribution in [2.45, 2.75) is 6.42 Å². The summed E-state index contributed by atoms with van der Waals surface area (Å²) in [6.45, 7) is 0. The number of rotatable bonds is 3. The van der Waals surface area contributed by atoms with Gasteiger partial charge in [0.25, 0.3) is 0 Å². The number of carbonyl (C=O) groups is 1. The average Bonchev–Trinajstić information content (AvgIpc) is 2.84. The molecule has 0 atom stereocenters. The van der Waals surface area contributed by atoms with E-state index in [2.05, 4.69) is 10.3 Å². The van der Waals surface area contributed by atoms with E-state index in [-0.39, 0.29) is 12.3 Å². The van der Waals surface area contributed by atoms with E-state index in [0.29, 0.717) is 5.69 Å². The minimum atomic E-state index is -0.297. The Balaban J connectivity index is 2.09. The monoisotopic (exact) mass is 243 g/mol. The average molecular weight is 243 g/mol. The molecular formula is C12H9N3OS. The van der Waals surface area contributed by atoms with Crippen molar-refractivity contribution in [3.63, 3.8) is 0 Å². The molecule has 1 aromatic heterocycles. The molecule has 0 aliphatic heterocycles. The molecule has 0 aliphatic carbocycles. The lowest BCUT2D eigenvalue weighted by molar-refractivity contribution is -0.115. The van der Waals surface area contributed by atoms with Crippen molar-refractivity contribution in [2.75, 3.05) is 5.32 Å². The molecular weight excluding hydrogens is 234 g/mol. The predicted molar refractivity (Wildman–Crippen MR) is 66.4 cm³/mol. The van der Waals surface area contributed by atoms with Crippen LogP contribution in [0.25, 0.3) is 10.6 Å². The normalized spacial score (nSPS) is 9.59. The second-order valence-corrected chi connectivity index (χ2v) is 4.19. The van der Waals surface area contributed by atoms with E-state index in [9.17, 15) is 4.79 Å². The van der Waals surface area contributed by atoms with Crippen LogP contribution in [-0.2, 0) is 4.79 Å². The predicted octanol–water partition coefficient (Wildman–Crippen LogP) is 2.66. The van der Waals surface area contributed by atoms with Crippen molar-refractivity contribution in [3.8, 4) is 16.6 Å². The maximum atomic E-state index is 11.2. The zero-order valence-corrected chi connectivity index (χ0v) is 9.70. The molecule has 5 heteroatoms. The fourth-order valence-electron chi connectivity index (χ4n) is 1.34. The minimum absolute atomic E-state index is 0.131. The zero-order chi connectivity index (χ0) is 12.1. The Kier molecular flexibility index (Phi) is 3.48. The summed E-state index contributed by atoms with van der Waals surface area (Å²) in [5.41, 5.74) is 1.70. The molecule has 0 saturated carbocycles. The van der Waals surface area contributed by atoms with Crippen LogP contribution in [0.15, 0.2) is 35.8 Å². The first kappa shape index (κ1) is 11.3. The smallest absolute Gasteiger partial charge is 0.238 e. The van der Waals surface area contributed by atoms with Crippen LogP contribution in [0, 0.1) is 11.3 Å². The van der Waals surface area contributed by atoms with E-state index in [1.54, 1.807) is 35.7 Å². The number of anilines is 1. The van der Waals surface area contributed by atoms with E-state index >= 15 is 0 Å². The van der Waals surface area contributed by atoms with Crippen LogP contribution in [0.2, 0.25) is 0 Å². The van der Waals surface area contributed by atoms with Crippen molar-refractivity contribution < 1.29 is 4.79 Å². The molecule has 0 fully saturated rings. The molecule has 0 spiro atoms. The van der Waals surface area contributed by atoms with Gasteiger partial charge in [0.15, 0.2) is 0 Å². The second kappa shape index (κ2) is 5.23. The third kappa shape index (κ3) is 2.89. The number of aromatic nitrogens is 1. The maximum Gasteiger partial charge on any atom is 0.238 e. The first-order valence-corrected chi connectivity index (χ1v) is 5.84. The highest BCUT2D eigenvalue weighted by Crippen LogP contribution is 2.23. The van der Waals surface area contributed by atoms with Crippen LogP contribution in [0.3, 0.4) is 0 Å². The number of amides is 1. The van der Waals surface area contributed by atoms with Gasteiger partial charge in [0.1, 0.15) is 11.4 Å². The Bertz CT molecular complexity index is 540. The number of nitrogens with one attached hydrogen (secondary N) is 1. The van der Waals surface area contributed by atoms with E-state index < -0.39 is 0 Å². The Labute approximate surface area is 103 Å². The van der Waals surface area contributed by atoms with E-state index in [4.69, 9.17) is 5.26 Å². The summed E-state index contributed by atoms with van der Waals surface area (Å²) < 4.78 is 0. The van der Waals surface area contributed by atoms with Gasteiger partial charge in [-0.1, -0.05) is 0 Å². The zero-order valence-electron chi connectivity index (χ0n) is 8.88. The highest BCUT2D eigenvalue weighted by Gasteiger charge is 2.03. The number of hydrogen-bond acceptors (Lipinski definition) is 4. The van der Waals surface area contributed by atoms with Crippen LogP contribution >= 0.6 is 11.3 Å². The number of nitriles is 1. The van der Waals surface area contributed by atoms with Crippen LogP contribution < -0.4 is 5.32 Å². The van der Waals surface area contributed by atoms with Crippen LogP contribution in [-0.4, -0.2) is 10.9 Å². The summed E-state index contributed by atoms with van der Waals surface area (Å²) in [6, 6.07) is 9.18. The molecule has 2 rings (SSSR count). The lowest BCUT2D eigenvalue weighted by Crippen LogP contribution is -2.09. The van der Waals surface area contributed by atoms with Crippen molar-refractivity contribution in [2.24, 2.45) is 0 Å². The highest BCUT2D eigenvalue weighted by molar-refractivity contribution is 7.13. The van der Waals surface area contributed by atoms with Crippen LogP contribution in [0.5, 0.6) is 0 Å². The Morgan fingerprint density at radius 1 is 1.41 bits per heavy atom. The number of hydrogen-bond donors (Lipinski definition) is 1. The van der Waals surface area contributed by atoms with Gasteiger partial charge in [-0.2, -0.15) is 5.26 Å².